The topological polar surface area (TPSA) is 104 Å². The smallest absolute Gasteiger partial charge is 0.314 e. The Labute approximate surface area is 170 Å². The second-order valence-corrected chi connectivity index (χ2v) is 7.62. The number of amides is 1. The van der Waals surface area contributed by atoms with Crippen LogP contribution in [0.25, 0.3) is 0 Å². The summed E-state index contributed by atoms with van der Waals surface area (Å²) in [5.41, 5.74) is 0.537. The molecule has 1 saturated heterocycles. The Morgan fingerprint density at radius 1 is 1.17 bits per heavy atom. The van der Waals surface area contributed by atoms with Crippen LogP contribution in [0.15, 0.2) is 48.9 Å². The molecule has 1 fully saturated rings. The van der Waals surface area contributed by atoms with Crippen LogP contribution in [-0.2, 0) is 22.4 Å². The third kappa shape index (κ3) is 5.17. The van der Waals surface area contributed by atoms with Crippen molar-refractivity contribution >= 4 is 11.9 Å². The molecule has 1 aliphatic rings. The van der Waals surface area contributed by atoms with Crippen LogP contribution in [0.2, 0.25) is 0 Å². The van der Waals surface area contributed by atoms with Crippen LogP contribution in [0.5, 0.6) is 0 Å². The van der Waals surface area contributed by atoms with Crippen LogP contribution in [0.3, 0.4) is 0 Å². The van der Waals surface area contributed by atoms with Crippen molar-refractivity contribution in [1.29, 1.82) is 0 Å². The number of aryl methyl sites for hydroxylation is 2. The molecule has 0 unspecified atom stereocenters. The third-order valence-electron chi connectivity index (χ3n) is 5.70. The van der Waals surface area contributed by atoms with E-state index in [0.29, 0.717) is 25.8 Å². The van der Waals surface area contributed by atoms with E-state index in [4.69, 9.17) is 0 Å². The SMILES string of the molecule is O=C(CCc1cnccn1)N1CC[C@@H](O)[C@](CCCc2ccccc2)(C(=O)O)C1. The van der Waals surface area contributed by atoms with Gasteiger partial charge in [-0.2, -0.15) is 0 Å². The lowest BCUT2D eigenvalue weighted by atomic mass is 9.73. The minimum Gasteiger partial charge on any atom is -0.481 e. The molecule has 2 atom stereocenters. The number of aliphatic carboxylic acids is 1. The summed E-state index contributed by atoms with van der Waals surface area (Å²) in [5.74, 6) is -1.15. The number of hydrogen-bond acceptors (Lipinski definition) is 5. The van der Waals surface area contributed by atoms with Crippen molar-refractivity contribution in [2.24, 2.45) is 5.41 Å². The highest BCUT2D eigenvalue weighted by atomic mass is 16.4. The van der Waals surface area contributed by atoms with Crippen LogP contribution >= 0.6 is 0 Å². The molecule has 2 aromatic rings. The molecule has 0 bridgehead atoms. The molecule has 1 aromatic carbocycles. The molecular weight excluding hydrogens is 370 g/mol. The molecule has 7 nitrogen and oxygen atoms in total. The number of likely N-dealkylation sites (tertiary alicyclic amines) is 1. The first-order chi connectivity index (χ1) is 14.0. The maximum Gasteiger partial charge on any atom is 0.314 e. The maximum atomic E-state index is 12.7. The minimum absolute atomic E-state index is 0.0393. The monoisotopic (exact) mass is 397 g/mol. The number of aliphatic hydroxyl groups excluding tert-OH is 1. The fraction of sp³-hybridized carbons (Fsp3) is 0.455. The van der Waals surface area contributed by atoms with E-state index in [9.17, 15) is 19.8 Å². The molecule has 29 heavy (non-hydrogen) atoms. The molecule has 1 amide bonds. The Morgan fingerprint density at radius 3 is 2.66 bits per heavy atom. The van der Waals surface area contributed by atoms with Gasteiger partial charge in [-0.25, -0.2) is 0 Å². The zero-order valence-corrected chi connectivity index (χ0v) is 16.4. The van der Waals surface area contributed by atoms with Crippen molar-refractivity contribution in [3.8, 4) is 0 Å². The second-order valence-electron chi connectivity index (χ2n) is 7.62. The largest absolute Gasteiger partial charge is 0.481 e. The van der Waals surface area contributed by atoms with Crippen LogP contribution in [0, 0.1) is 5.41 Å². The van der Waals surface area contributed by atoms with Gasteiger partial charge >= 0.3 is 5.97 Å². The summed E-state index contributed by atoms with van der Waals surface area (Å²) < 4.78 is 0. The van der Waals surface area contributed by atoms with Gasteiger partial charge in [-0.1, -0.05) is 30.3 Å². The maximum absolute atomic E-state index is 12.7. The van der Waals surface area contributed by atoms with E-state index in [2.05, 4.69) is 9.97 Å². The predicted octanol–water partition coefficient (Wildman–Crippen LogP) is 2.10. The summed E-state index contributed by atoms with van der Waals surface area (Å²) in [4.78, 5) is 34.6. The van der Waals surface area contributed by atoms with Crippen LogP contribution in [-0.4, -0.2) is 56.2 Å². The molecule has 1 aromatic heterocycles. The summed E-state index contributed by atoms with van der Waals surface area (Å²) in [6.07, 6.45) is 6.50. The summed E-state index contributed by atoms with van der Waals surface area (Å²) in [7, 11) is 0. The molecule has 154 valence electrons. The number of carboxylic acid groups (broad SMARTS) is 1. The van der Waals surface area contributed by atoms with E-state index in [0.717, 1.165) is 17.7 Å². The average molecular weight is 397 g/mol. The molecule has 0 saturated carbocycles. The zero-order chi connectivity index (χ0) is 20.7. The first-order valence-electron chi connectivity index (χ1n) is 9.99. The zero-order valence-electron chi connectivity index (χ0n) is 16.4. The molecule has 2 N–H and O–H groups in total. The Balaban J connectivity index is 1.62. The lowest BCUT2D eigenvalue weighted by Gasteiger charge is -2.43. The van der Waals surface area contributed by atoms with Crippen LogP contribution < -0.4 is 0 Å². The van der Waals surface area contributed by atoms with Gasteiger partial charge in [0, 0.05) is 38.1 Å². The average Bonchev–Trinajstić information content (AvgIpc) is 2.74. The summed E-state index contributed by atoms with van der Waals surface area (Å²) in [6.45, 7) is 0.409. The van der Waals surface area contributed by atoms with E-state index < -0.39 is 17.5 Å². The number of aromatic nitrogens is 2. The standard InChI is InChI=1S/C22H27N3O4/c26-19-10-14-25(20(27)9-8-18-15-23-12-13-24-18)16-22(19,21(28)29)11-4-7-17-5-2-1-3-6-17/h1-3,5-6,12-13,15,19,26H,4,7-11,14,16H2,(H,28,29)/t19-,22-/m1/s1. The van der Waals surface area contributed by atoms with E-state index in [1.165, 1.54) is 0 Å². The van der Waals surface area contributed by atoms with Crippen molar-refractivity contribution in [1.82, 2.24) is 14.9 Å². The molecule has 0 radical (unpaired) electrons. The Morgan fingerprint density at radius 2 is 1.97 bits per heavy atom. The van der Waals surface area contributed by atoms with Crippen molar-refractivity contribution < 1.29 is 19.8 Å². The number of rotatable bonds is 8. The number of carbonyl (C=O) groups excluding carboxylic acids is 1. The lowest BCUT2D eigenvalue weighted by Crippen LogP contribution is -2.57. The first kappa shape index (κ1) is 20.9. The van der Waals surface area contributed by atoms with Crippen molar-refractivity contribution in [3.63, 3.8) is 0 Å². The summed E-state index contributed by atoms with van der Waals surface area (Å²) >= 11 is 0. The second kappa shape index (κ2) is 9.60. The normalized spacial score (nSPS) is 21.7. The van der Waals surface area contributed by atoms with Crippen molar-refractivity contribution in [2.45, 2.75) is 44.6 Å². The van der Waals surface area contributed by atoms with Gasteiger partial charge in [0.15, 0.2) is 0 Å². The van der Waals surface area contributed by atoms with Gasteiger partial charge in [-0.05, 0) is 37.7 Å². The quantitative estimate of drug-likeness (QED) is 0.707. The Kier molecular flexibility index (Phi) is 6.93. The Hall–Kier alpha value is -2.80. The summed E-state index contributed by atoms with van der Waals surface area (Å²) in [5, 5.41) is 20.5. The highest BCUT2D eigenvalue weighted by Crippen LogP contribution is 2.36. The van der Waals surface area contributed by atoms with Gasteiger partial charge in [0.05, 0.1) is 11.8 Å². The van der Waals surface area contributed by atoms with Gasteiger partial charge in [-0.3, -0.25) is 19.6 Å². The number of piperidine rings is 1. The highest BCUT2D eigenvalue weighted by molar-refractivity contribution is 5.80. The predicted molar refractivity (Wildman–Crippen MR) is 107 cm³/mol. The van der Waals surface area contributed by atoms with Gasteiger partial charge in [0.25, 0.3) is 0 Å². The molecule has 3 rings (SSSR count). The number of carbonyl (C=O) groups is 2. The van der Waals surface area contributed by atoms with E-state index in [1.807, 2.05) is 30.3 Å². The van der Waals surface area contributed by atoms with Gasteiger partial charge in [0.2, 0.25) is 5.91 Å². The van der Waals surface area contributed by atoms with Gasteiger partial charge in [0.1, 0.15) is 5.41 Å². The van der Waals surface area contributed by atoms with E-state index in [-0.39, 0.29) is 25.3 Å². The molecule has 7 heteroatoms. The number of aliphatic hydroxyl groups is 1. The molecule has 0 aliphatic carbocycles. The van der Waals surface area contributed by atoms with Crippen LogP contribution in [0.4, 0.5) is 0 Å². The highest BCUT2D eigenvalue weighted by Gasteiger charge is 2.49. The lowest BCUT2D eigenvalue weighted by molar-refractivity contribution is -0.167. The minimum atomic E-state index is -1.32. The number of hydrogen-bond donors (Lipinski definition) is 2. The number of carboxylic acids is 1. The van der Waals surface area contributed by atoms with E-state index >= 15 is 0 Å². The fourth-order valence-electron chi connectivity index (χ4n) is 3.96. The summed E-state index contributed by atoms with van der Waals surface area (Å²) in [6, 6.07) is 9.86. The third-order valence-corrected chi connectivity index (χ3v) is 5.70. The van der Waals surface area contributed by atoms with Crippen LogP contribution in [0.1, 0.15) is 36.9 Å². The fourth-order valence-corrected chi connectivity index (χ4v) is 3.96. The van der Waals surface area contributed by atoms with Crippen molar-refractivity contribution in [3.05, 3.63) is 60.2 Å². The number of benzene rings is 1. The van der Waals surface area contributed by atoms with Crippen molar-refractivity contribution in [2.75, 3.05) is 13.1 Å². The molecule has 2 heterocycles. The van der Waals surface area contributed by atoms with Gasteiger partial charge in [-0.15, -0.1) is 0 Å². The van der Waals surface area contributed by atoms with Gasteiger partial charge < -0.3 is 15.1 Å². The first-order valence-corrected chi connectivity index (χ1v) is 9.99. The molecule has 1 aliphatic heterocycles. The molecular formula is C22H27N3O4. The molecule has 0 spiro atoms. The van der Waals surface area contributed by atoms with E-state index in [1.54, 1.807) is 23.5 Å². The number of nitrogens with zero attached hydrogens (tertiary/aromatic N) is 3. The Bertz CT molecular complexity index is 815.